The molecule has 2 spiro atoms. The summed E-state index contributed by atoms with van der Waals surface area (Å²) in [6.07, 6.45) is 7.96. The van der Waals surface area contributed by atoms with Gasteiger partial charge in [-0.05, 0) is 103 Å². The van der Waals surface area contributed by atoms with E-state index in [0.29, 0.717) is 24.3 Å². The van der Waals surface area contributed by atoms with Crippen LogP contribution in [-0.4, -0.2) is 97.8 Å². The van der Waals surface area contributed by atoms with E-state index in [1.165, 1.54) is 19.3 Å². The number of aliphatic hydroxyl groups excluding tert-OH is 1. The lowest BCUT2D eigenvalue weighted by Crippen LogP contribution is -2.70. The fourth-order valence-corrected chi connectivity index (χ4v) is 13.6. The van der Waals surface area contributed by atoms with Crippen molar-refractivity contribution in [1.29, 1.82) is 0 Å². The molecule has 7 unspecified atom stereocenters. The number of fused-ring (bicyclic) bond motifs is 4. The Hall–Kier alpha value is -0.810. The minimum absolute atomic E-state index is 0.0422. The summed E-state index contributed by atoms with van der Waals surface area (Å²) in [5, 5.41) is 12.3. The van der Waals surface area contributed by atoms with Gasteiger partial charge in [-0.2, -0.15) is 0 Å². The highest BCUT2D eigenvalue weighted by Crippen LogP contribution is 2.87. The van der Waals surface area contributed by atoms with Crippen LogP contribution in [0.4, 0.5) is 0 Å². The van der Waals surface area contributed by atoms with Gasteiger partial charge in [0.05, 0.1) is 62.4 Å². The molecule has 5 aliphatic carbocycles. The molecule has 8 aliphatic rings. The second kappa shape index (κ2) is 11.3. The van der Waals surface area contributed by atoms with Crippen LogP contribution >= 0.6 is 0 Å². The van der Waals surface area contributed by atoms with Crippen LogP contribution < -0.4 is 5.73 Å². The average Bonchev–Trinajstić information content (AvgIpc) is 3.61. The summed E-state index contributed by atoms with van der Waals surface area (Å²) in [5.41, 5.74) is 7.42. The highest BCUT2D eigenvalue weighted by atomic mass is 16.7. The first-order valence-electron chi connectivity index (χ1n) is 19.1. The van der Waals surface area contributed by atoms with E-state index in [2.05, 4.69) is 32.6 Å². The number of ether oxygens (including phenoxy) is 5. The quantitative estimate of drug-likeness (QED) is 0.382. The molecule has 3 N–H and O–H groups in total. The lowest BCUT2D eigenvalue weighted by atomic mass is 9.43. The zero-order valence-electron chi connectivity index (χ0n) is 29.9. The number of aliphatic hydroxyl groups is 1. The van der Waals surface area contributed by atoms with Gasteiger partial charge in [0.25, 0.3) is 0 Å². The molecule has 5 saturated carbocycles. The normalized spacial score (nSPS) is 52.0. The highest BCUT2D eigenvalue weighted by Gasteiger charge is 2.85. The van der Waals surface area contributed by atoms with Gasteiger partial charge in [-0.1, -0.05) is 41.5 Å². The molecule has 3 heterocycles. The number of nitrogens with two attached hydrogens (primary N) is 1. The first-order chi connectivity index (χ1) is 22.3. The molecule has 8 fully saturated rings. The van der Waals surface area contributed by atoms with Crippen molar-refractivity contribution in [3.8, 4) is 0 Å². The van der Waals surface area contributed by atoms with Gasteiger partial charge < -0.3 is 34.5 Å². The predicted molar refractivity (Wildman–Crippen MR) is 176 cm³/mol. The summed E-state index contributed by atoms with van der Waals surface area (Å²) in [7, 11) is 0. The maximum Gasteiger partial charge on any atom is 0.306 e. The van der Waals surface area contributed by atoms with E-state index < -0.39 is 11.6 Å². The monoisotopic (exact) mass is 658 g/mol. The summed E-state index contributed by atoms with van der Waals surface area (Å²) in [4.78, 5) is 14.8. The summed E-state index contributed by atoms with van der Waals surface area (Å²) in [6.45, 7) is 18.1. The molecule has 0 radical (unpaired) electrons. The number of esters is 1. The first kappa shape index (κ1) is 33.3. The number of carbonyl (C=O) groups excluding carboxylic acids is 1. The molecular formula is C38H62N2O7. The molecule has 8 rings (SSSR count). The van der Waals surface area contributed by atoms with Crippen LogP contribution in [0.5, 0.6) is 0 Å². The Morgan fingerprint density at radius 1 is 1.06 bits per heavy atom. The van der Waals surface area contributed by atoms with Crippen LogP contribution in [0, 0.1) is 51.2 Å². The Kier molecular flexibility index (Phi) is 8.05. The fraction of sp³-hybridized carbons (Fsp3) is 0.974. The van der Waals surface area contributed by atoms with Gasteiger partial charge in [0.15, 0.2) is 6.29 Å². The summed E-state index contributed by atoms with van der Waals surface area (Å²) in [5.74, 6) is 1.51. The zero-order chi connectivity index (χ0) is 33.1. The number of carbonyl (C=O) groups is 1. The van der Waals surface area contributed by atoms with E-state index in [1.807, 2.05) is 13.8 Å². The lowest BCUT2D eigenvalue weighted by molar-refractivity contribution is -0.254. The second-order valence-electron chi connectivity index (χ2n) is 18.7. The third-order valence-corrected chi connectivity index (χ3v) is 15.8. The SMILES string of the molecule is CC(C)CC(=O)OCC1C[C@@H](C)[C@H]2C(O1)[C@H](O)[C@@]1(N)C3CC[C@H]4C(C)(C)[C@@H](OC5CN(C6COC6)CCO5)CCC45CC35CCC21C. The largest absolute Gasteiger partial charge is 0.463 e. The van der Waals surface area contributed by atoms with E-state index in [9.17, 15) is 9.90 Å². The van der Waals surface area contributed by atoms with Gasteiger partial charge in [0.2, 0.25) is 0 Å². The van der Waals surface area contributed by atoms with Crippen molar-refractivity contribution in [2.24, 2.45) is 57.0 Å². The first-order valence-corrected chi connectivity index (χ1v) is 19.1. The van der Waals surface area contributed by atoms with Crippen LogP contribution in [0.1, 0.15) is 99.3 Å². The molecule has 3 saturated heterocycles. The number of morpholine rings is 1. The molecule has 0 bridgehead atoms. The molecule has 3 aliphatic heterocycles. The molecule has 13 atom stereocenters. The minimum atomic E-state index is -0.717. The molecule has 9 nitrogen and oxygen atoms in total. The van der Waals surface area contributed by atoms with Gasteiger partial charge in [0.1, 0.15) is 6.61 Å². The van der Waals surface area contributed by atoms with E-state index in [1.54, 1.807) is 0 Å². The number of rotatable bonds is 7. The molecule has 0 aromatic carbocycles. The molecule has 9 heteroatoms. The van der Waals surface area contributed by atoms with Crippen LogP contribution in [0.2, 0.25) is 0 Å². The summed E-state index contributed by atoms with van der Waals surface area (Å²) in [6, 6.07) is 0.510. The Balaban J connectivity index is 0.986. The molecule has 266 valence electrons. The molecule has 0 aromatic rings. The maximum absolute atomic E-state index is 12.3. The maximum atomic E-state index is 12.3. The molecule has 47 heavy (non-hydrogen) atoms. The topological polar surface area (TPSA) is 113 Å². The van der Waals surface area contributed by atoms with Crippen molar-refractivity contribution in [1.82, 2.24) is 4.90 Å². The van der Waals surface area contributed by atoms with Crippen molar-refractivity contribution in [2.45, 2.75) is 142 Å². The number of hydrogen-bond acceptors (Lipinski definition) is 9. The van der Waals surface area contributed by atoms with Crippen LogP contribution in [0.25, 0.3) is 0 Å². The fourth-order valence-electron chi connectivity index (χ4n) is 13.6. The number of hydrogen-bond donors (Lipinski definition) is 2. The Bertz CT molecular complexity index is 1230. The smallest absolute Gasteiger partial charge is 0.306 e. The van der Waals surface area contributed by atoms with Gasteiger partial charge in [-0.15, -0.1) is 0 Å². The minimum Gasteiger partial charge on any atom is -0.463 e. The van der Waals surface area contributed by atoms with Crippen molar-refractivity contribution in [2.75, 3.05) is 39.5 Å². The standard InChI is InChI=1S/C38H62N2O7/c1-22(2)15-29(41)45-20-25-16-23(3)31-32(46-25)33(42)38(39)27-8-7-26-34(4,5)28(47-30-17-40(13-14-44-30)24-18-43-19-24)9-10-36(26)21-37(27,36)12-11-35(31,38)6/h22-28,30-33,42H,7-21,39H2,1-6H3/t23-,25?,26+,27?,28+,30?,31+,32?,33+,35?,36?,37?,38+/m1/s1. The third kappa shape index (κ3) is 4.68. The lowest BCUT2D eigenvalue weighted by Gasteiger charge is -2.63. The second-order valence-corrected chi connectivity index (χ2v) is 18.7. The Labute approximate surface area is 282 Å². The molecular weight excluding hydrogens is 596 g/mol. The highest BCUT2D eigenvalue weighted by molar-refractivity contribution is 5.69. The van der Waals surface area contributed by atoms with Crippen LogP contribution in [0.3, 0.4) is 0 Å². The van der Waals surface area contributed by atoms with Crippen LogP contribution in [-0.2, 0) is 28.5 Å². The van der Waals surface area contributed by atoms with Crippen molar-refractivity contribution < 1.29 is 33.6 Å². The summed E-state index contributed by atoms with van der Waals surface area (Å²) < 4.78 is 30.9. The molecule has 0 aromatic heterocycles. The zero-order valence-corrected chi connectivity index (χ0v) is 29.9. The van der Waals surface area contributed by atoms with Crippen LogP contribution in [0.15, 0.2) is 0 Å². The van der Waals surface area contributed by atoms with Crippen molar-refractivity contribution in [3.63, 3.8) is 0 Å². The van der Waals surface area contributed by atoms with Gasteiger partial charge in [-0.25, -0.2) is 0 Å². The Morgan fingerprint density at radius 3 is 2.53 bits per heavy atom. The van der Waals surface area contributed by atoms with Gasteiger partial charge >= 0.3 is 5.97 Å². The summed E-state index contributed by atoms with van der Waals surface area (Å²) >= 11 is 0. The Morgan fingerprint density at radius 2 is 1.81 bits per heavy atom. The van der Waals surface area contributed by atoms with Gasteiger partial charge in [-0.3, -0.25) is 9.69 Å². The van der Waals surface area contributed by atoms with E-state index in [4.69, 9.17) is 29.4 Å². The average molecular weight is 659 g/mol. The van der Waals surface area contributed by atoms with E-state index in [-0.39, 0.29) is 76.6 Å². The third-order valence-electron chi connectivity index (χ3n) is 15.8. The van der Waals surface area contributed by atoms with E-state index in [0.717, 1.165) is 65.0 Å². The number of nitrogens with zero attached hydrogens (tertiary/aromatic N) is 1. The van der Waals surface area contributed by atoms with Crippen molar-refractivity contribution in [3.05, 3.63) is 0 Å². The molecule has 0 amide bonds. The predicted octanol–water partition coefficient (Wildman–Crippen LogP) is 4.52. The van der Waals surface area contributed by atoms with Gasteiger partial charge in [0, 0.05) is 13.0 Å². The van der Waals surface area contributed by atoms with Crippen molar-refractivity contribution >= 4 is 5.97 Å². The van der Waals surface area contributed by atoms with E-state index >= 15 is 0 Å².